The van der Waals surface area contributed by atoms with Gasteiger partial charge in [0.1, 0.15) is 0 Å². The van der Waals surface area contributed by atoms with Gasteiger partial charge in [0.25, 0.3) is 0 Å². The molecule has 3 nitrogen and oxygen atoms in total. The predicted molar refractivity (Wildman–Crippen MR) is 48.1 cm³/mol. The molecule has 0 saturated heterocycles. The van der Waals surface area contributed by atoms with Crippen molar-refractivity contribution in [1.29, 1.82) is 0 Å². The van der Waals surface area contributed by atoms with Gasteiger partial charge in [-0.15, -0.1) is 0 Å². The molecule has 0 atom stereocenters. The van der Waals surface area contributed by atoms with Gasteiger partial charge in [-0.25, -0.2) is 4.98 Å². The summed E-state index contributed by atoms with van der Waals surface area (Å²) in [7, 11) is 0. The standard InChI is InChI=1S/C9H6F3N3/c1-6(9(10,11)12)7-5-15-3-2-13-8(15)4-14-7/h2-5H,1H2. The first-order chi connectivity index (χ1) is 6.98. The number of rotatable bonds is 1. The van der Waals surface area contributed by atoms with Crippen LogP contribution >= 0.6 is 0 Å². The lowest BCUT2D eigenvalue weighted by molar-refractivity contribution is -0.0689. The Kier molecular flexibility index (Phi) is 1.99. The summed E-state index contributed by atoms with van der Waals surface area (Å²) in [5, 5.41) is 0. The maximum Gasteiger partial charge on any atom is 0.417 e. The lowest BCUT2D eigenvalue weighted by Crippen LogP contribution is -2.11. The Morgan fingerprint density at radius 1 is 1.33 bits per heavy atom. The number of fused-ring (bicyclic) bond motifs is 1. The second-order valence-electron chi connectivity index (χ2n) is 2.94. The average Bonchev–Trinajstić information content (AvgIpc) is 2.61. The number of allylic oxidation sites excluding steroid dienone is 1. The van der Waals surface area contributed by atoms with Crippen LogP contribution in [0.4, 0.5) is 13.2 Å². The van der Waals surface area contributed by atoms with Crippen molar-refractivity contribution in [2.75, 3.05) is 0 Å². The summed E-state index contributed by atoms with van der Waals surface area (Å²) in [6.45, 7) is 2.97. The van der Waals surface area contributed by atoms with Crippen molar-refractivity contribution in [3.05, 3.63) is 37.1 Å². The zero-order valence-corrected chi connectivity index (χ0v) is 7.49. The number of halogens is 3. The summed E-state index contributed by atoms with van der Waals surface area (Å²) in [5.41, 5.74) is -0.667. The average molecular weight is 213 g/mol. The highest BCUT2D eigenvalue weighted by atomic mass is 19.4. The minimum atomic E-state index is -4.46. The fraction of sp³-hybridized carbons (Fsp3) is 0.111. The molecule has 0 aliphatic heterocycles. The minimum Gasteiger partial charge on any atom is -0.304 e. The van der Waals surface area contributed by atoms with Crippen LogP contribution in [0.1, 0.15) is 5.69 Å². The highest BCUT2D eigenvalue weighted by Gasteiger charge is 2.33. The quantitative estimate of drug-likeness (QED) is 0.727. The van der Waals surface area contributed by atoms with E-state index in [1.807, 2.05) is 0 Å². The van der Waals surface area contributed by atoms with Crippen LogP contribution in [-0.4, -0.2) is 20.5 Å². The maximum absolute atomic E-state index is 12.3. The van der Waals surface area contributed by atoms with Crippen LogP contribution < -0.4 is 0 Å². The summed E-state index contributed by atoms with van der Waals surface area (Å²) in [6, 6.07) is 0. The van der Waals surface area contributed by atoms with Crippen LogP contribution in [0.15, 0.2) is 31.4 Å². The molecule has 15 heavy (non-hydrogen) atoms. The summed E-state index contributed by atoms with van der Waals surface area (Å²) >= 11 is 0. The van der Waals surface area contributed by atoms with Crippen molar-refractivity contribution in [1.82, 2.24) is 14.4 Å². The largest absolute Gasteiger partial charge is 0.417 e. The summed E-state index contributed by atoms with van der Waals surface area (Å²) in [5.74, 6) is 0. The maximum atomic E-state index is 12.3. The van der Waals surface area contributed by atoms with E-state index in [1.165, 1.54) is 23.0 Å². The van der Waals surface area contributed by atoms with Crippen molar-refractivity contribution < 1.29 is 13.2 Å². The van der Waals surface area contributed by atoms with Crippen molar-refractivity contribution in [2.45, 2.75) is 6.18 Å². The highest BCUT2D eigenvalue weighted by molar-refractivity contribution is 5.64. The van der Waals surface area contributed by atoms with Gasteiger partial charge in [0, 0.05) is 18.6 Å². The molecule has 0 unspecified atom stereocenters. The van der Waals surface area contributed by atoms with Crippen LogP contribution in [0, 0.1) is 0 Å². The van der Waals surface area contributed by atoms with Crippen molar-refractivity contribution in [3.8, 4) is 0 Å². The first-order valence-electron chi connectivity index (χ1n) is 4.03. The monoisotopic (exact) mass is 213 g/mol. The zero-order chi connectivity index (χ0) is 11.1. The first-order valence-corrected chi connectivity index (χ1v) is 4.03. The lowest BCUT2D eigenvalue weighted by atomic mass is 10.2. The van der Waals surface area contributed by atoms with E-state index in [-0.39, 0.29) is 5.69 Å². The molecule has 2 aromatic heterocycles. The van der Waals surface area contributed by atoms with E-state index in [0.29, 0.717) is 5.65 Å². The number of aromatic nitrogens is 3. The van der Waals surface area contributed by atoms with Crippen LogP contribution in [0.5, 0.6) is 0 Å². The van der Waals surface area contributed by atoms with E-state index in [1.54, 1.807) is 6.20 Å². The molecular formula is C9H6F3N3. The first kappa shape index (κ1) is 9.70. The molecule has 0 aromatic carbocycles. The SMILES string of the molecule is C=C(c1cn2ccnc2cn1)C(F)(F)F. The van der Waals surface area contributed by atoms with E-state index < -0.39 is 11.7 Å². The van der Waals surface area contributed by atoms with E-state index >= 15 is 0 Å². The van der Waals surface area contributed by atoms with Gasteiger partial charge in [-0.05, 0) is 0 Å². The van der Waals surface area contributed by atoms with E-state index in [9.17, 15) is 13.2 Å². The predicted octanol–water partition coefficient (Wildman–Crippen LogP) is 2.30. The Morgan fingerprint density at radius 2 is 2.07 bits per heavy atom. The third-order valence-electron chi connectivity index (χ3n) is 1.93. The molecule has 0 amide bonds. The Morgan fingerprint density at radius 3 is 2.73 bits per heavy atom. The number of alkyl halides is 3. The van der Waals surface area contributed by atoms with Gasteiger partial charge < -0.3 is 4.40 Å². The van der Waals surface area contributed by atoms with Gasteiger partial charge in [-0.3, -0.25) is 4.98 Å². The van der Waals surface area contributed by atoms with Crippen LogP contribution in [0.3, 0.4) is 0 Å². The number of nitrogens with zero attached hydrogens (tertiary/aromatic N) is 3. The second kappa shape index (κ2) is 3.08. The summed E-state index contributed by atoms with van der Waals surface area (Å²) < 4.78 is 38.3. The molecule has 0 N–H and O–H groups in total. The normalized spacial score (nSPS) is 11.9. The van der Waals surface area contributed by atoms with Crippen molar-refractivity contribution >= 4 is 11.2 Å². The molecule has 0 aliphatic rings. The van der Waals surface area contributed by atoms with Gasteiger partial charge in [0.2, 0.25) is 0 Å². The smallest absolute Gasteiger partial charge is 0.304 e. The molecular weight excluding hydrogens is 207 g/mol. The Hall–Kier alpha value is -1.85. The minimum absolute atomic E-state index is 0.201. The fourth-order valence-electron chi connectivity index (χ4n) is 1.13. The van der Waals surface area contributed by atoms with Crippen molar-refractivity contribution in [3.63, 3.8) is 0 Å². The summed E-state index contributed by atoms with van der Waals surface area (Å²) in [6.07, 6.45) is 1.09. The fourth-order valence-corrected chi connectivity index (χ4v) is 1.13. The molecule has 0 saturated carbocycles. The Labute approximate surface area is 82.9 Å². The summed E-state index contributed by atoms with van der Waals surface area (Å²) in [4.78, 5) is 7.51. The third kappa shape index (κ3) is 1.70. The number of imidazole rings is 1. The van der Waals surface area contributed by atoms with Gasteiger partial charge in [-0.2, -0.15) is 13.2 Å². The topological polar surface area (TPSA) is 30.2 Å². The second-order valence-corrected chi connectivity index (χ2v) is 2.94. The van der Waals surface area contributed by atoms with Crippen LogP contribution in [-0.2, 0) is 0 Å². The lowest BCUT2D eigenvalue weighted by Gasteiger charge is -2.08. The highest BCUT2D eigenvalue weighted by Crippen LogP contribution is 2.30. The zero-order valence-electron chi connectivity index (χ0n) is 7.49. The van der Waals surface area contributed by atoms with Gasteiger partial charge in [0.15, 0.2) is 5.65 Å². The number of hydrogen-bond donors (Lipinski definition) is 0. The molecule has 78 valence electrons. The molecule has 0 aliphatic carbocycles. The molecule has 2 aromatic rings. The molecule has 2 heterocycles. The van der Waals surface area contributed by atoms with Gasteiger partial charge in [0.05, 0.1) is 17.5 Å². The Balaban J connectivity index is 2.49. The van der Waals surface area contributed by atoms with Gasteiger partial charge in [-0.1, -0.05) is 6.58 Å². The van der Waals surface area contributed by atoms with Crippen LogP contribution in [0.25, 0.3) is 11.2 Å². The number of hydrogen-bond acceptors (Lipinski definition) is 2. The molecule has 0 fully saturated rings. The molecule has 0 spiro atoms. The molecule has 2 rings (SSSR count). The molecule has 6 heteroatoms. The third-order valence-corrected chi connectivity index (χ3v) is 1.93. The van der Waals surface area contributed by atoms with Crippen molar-refractivity contribution in [2.24, 2.45) is 0 Å². The van der Waals surface area contributed by atoms with Crippen LogP contribution in [0.2, 0.25) is 0 Å². The molecule has 0 radical (unpaired) electrons. The van der Waals surface area contributed by atoms with E-state index in [4.69, 9.17) is 0 Å². The molecule has 0 bridgehead atoms. The van der Waals surface area contributed by atoms with Gasteiger partial charge >= 0.3 is 6.18 Å². The van der Waals surface area contributed by atoms with E-state index in [2.05, 4.69) is 16.5 Å². The Bertz CT molecular complexity index is 513. The van der Waals surface area contributed by atoms with E-state index in [0.717, 1.165) is 0 Å².